The van der Waals surface area contributed by atoms with Crippen LogP contribution >= 0.6 is 11.3 Å². The number of hydrogen-bond donors (Lipinski definition) is 1. The molecule has 3 heterocycles. The summed E-state index contributed by atoms with van der Waals surface area (Å²) < 4.78 is 5.31. The lowest BCUT2D eigenvalue weighted by molar-refractivity contribution is 0.102. The highest BCUT2D eigenvalue weighted by atomic mass is 32.1. The summed E-state index contributed by atoms with van der Waals surface area (Å²) >= 11 is 1.40. The predicted octanol–water partition coefficient (Wildman–Crippen LogP) is 1.69. The molecule has 0 saturated carbocycles. The largest absolute Gasteiger partial charge is 0.381 e. The molecule has 2 aromatic rings. The number of ether oxygens (including phenoxy) is 1. The van der Waals surface area contributed by atoms with Gasteiger partial charge in [0, 0.05) is 24.9 Å². The quantitative estimate of drug-likeness (QED) is 0.923. The zero-order valence-electron chi connectivity index (χ0n) is 10.1. The summed E-state index contributed by atoms with van der Waals surface area (Å²) in [5.74, 6) is 0.0833. The maximum atomic E-state index is 11.9. The van der Waals surface area contributed by atoms with Gasteiger partial charge in [0.15, 0.2) is 0 Å². The normalized spacial score (nSPS) is 18.4. The number of hydrogen-bond acceptors (Lipinski definition) is 6. The molecular formula is C12H12N4O2S. The first kappa shape index (κ1) is 12.2. The van der Waals surface area contributed by atoms with Gasteiger partial charge < -0.3 is 4.74 Å². The molecule has 19 heavy (non-hydrogen) atoms. The number of anilines is 1. The van der Waals surface area contributed by atoms with Gasteiger partial charge >= 0.3 is 0 Å². The van der Waals surface area contributed by atoms with Gasteiger partial charge in [-0.15, -0.1) is 10.2 Å². The van der Waals surface area contributed by atoms with Crippen molar-refractivity contribution in [3.8, 4) is 0 Å². The Morgan fingerprint density at radius 1 is 1.47 bits per heavy atom. The Hall–Kier alpha value is -1.86. The van der Waals surface area contributed by atoms with Crippen molar-refractivity contribution in [2.75, 3.05) is 18.5 Å². The van der Waals surface area contributed by atoms with Crippen LogP contribution in [0.1, 0.15) is 27.7 Å². The maximum Gasteiger partial charge on any atom is 0.259 e. The Morgan fingerprint density at radius 2 is 2.42 bits per heavy atom. The number of carbonyl (C=O) groups is 1. The summed E-state index contributed by atoms with van der Waals surface area (Å²) in [7, 11) is 0. The van der Waals surface area contributed by atoms with Crippen molar-refractivity contribution in [3.05, 3.63) is 35.1 Å². The van der Waals surface area contributed by atoms with E-state index in [1.54, 1.807) is 18.3 Å². The standard InChI is InChI=1S/C12H12N4O2S/c17-10(8-2-1-4-13-6-8)14-12-16-15-11(19-12)9-3-5-18-7-9/h1-2,4,6,9H,3,5,7H2,(H,14,16,17). The fourth-order valence-corrected chi connectivity index (χ4v) is 2.70. The number of nitrogens with zero attached hydrogens (tertiary/aromatic N) is 3. The van der Waals surface area contributed by atoms with Crippen LogP contribution in [0.5, 0.6) is 0 Å². The van der Waals surface area contributed by atoms with Crippen LogP contribution in [0.2, 0.25) is 0 Å². The van der Waals surface area contributed by atoms with Crippen molar-refractivity contribution in [2.24, 2.45) is 0 Å². The third kappa shape index (κ3) is 2.77. The molecule has 0 aliphatic carbocycles. The minimum absolute atomic E-state index is 0.224. The molecule has 0 bridgehead atoms. The molecule has 1 fully saturated rings. The van der Waals surface area contributed by atoms with Gasteiger partial charge in [0.05, 0.1) is 12.2 Å². The van der Waals surface area contributed by atoms with Crippen LogP contribution in [0.3, 0.4) is 0 Å². The van der Waals surface area contributed by atoms with Gasteiger partial charge in [-0.2, -0.15) is 0 Å². The van der Waals surface area contributed by atoms with E-state index in [9.17, 15) is 4.79 Å². The Balaban J connectivity index is 1.68. The van der Waals surface area contributed by atoms with Crippen LogP contribution in [0, 0.1) is 0 Å². The summed E-state index contributed by atoms with van der Waals surface area (Å²) in [6.45, 7) is 1.45. The number of amides is 1. The van der Waals surface area contributed by atoms with Gasteiger partial charge in [-0.3, -0.25) is 15.1 Å². The molecule has 1 saturated heterocycles. The molecule has 2 aromatic heterocycles. The summed E-state index contributed by atoms with van der Waals surface area (Å²) in [6, 6.07) is 3.42. The van der Waals surface area contributed by atoms with Crippen LogP contribution in [0.15, 0.2) is 24.5 Å². The molecule has 1 aliphatic heterocycles. The van der Waals surface area contributed by atoms with Crippen molar-refractivity contribution < 1.29 is 9.53 Å². The molecule has 0 radical (unpaired) electrons. The summed E-state index contributed by atoms with van der Waals surface area (Å²) in [5, 5.41) is 12.2. The first-order chi connectivity index (χ1) is 9.33. The molecule has 1 atom stereocenters. The monoisotopic (exact) mass is 276 g/mol. The number of nitrogens with one attached hydrogen (secondary N) is 1. The fraction of sp³-hybridized carbons (Fsp3) is 0.333. The Labute approximate surface area is 113 Å². The third-order valence-electron chi connectivity index (χ3n) is 2.86. The second-order valence-corrected chi connectivity index (χ2v) is 5.21. The van der Waals surface area contributed by atoms with Gasteiger partial charge in [0.25, 0.3) is 5.91 Å². The topological polar surface area (TPSA) is 77.0 Å². The van der Waals surface area contributed by atoms with E-state index in [2.05, 4.69) is 20.5 Å². The second kappa shape index (κ2) is 5.41. The van der Waals surface area contributed by atoms with Crippen molar-refractivity contribution in [1.29, 1.82) is 0 Å². The van der Waals surface area contributed by atoms with Crippen LogP contribution in [0.4, 0.5) is 5.13 Å². The van der Waals surface area contributed by atoms with E-state index >= 15 is 0 Å². The Bertz CT molecular complexity index is 566. The van der Waals surface area contributed by atoms with Crippen molar-refractivity contribution in [3.63, 3.8) is 0 Å². The van der Waals surface area contributed by atoms with E-state index in [1.165, 1.54) is 17.5 Å². The lowest BCUT2D eigenvalue weighted by Crippen LogP contribution is -2.11. The number of rotatable bonds is 3. The molecule has 0 aromatic carbocycles. The Morgan fingerprint density at radius 3 is 3.16 bits per heavy atom. The van der Waals surface area contributed by atoms with E-state index in [-0.39, 0.29) is 5.91 Å². The highest BCUT2D eigenvalue weighted by Gasteiger charge is 2.22. The van der Waals surface area contributed by atoms with E-state index in [0.717, 1.165) is 18.0 Å². The summed E-state index contributed by atoms with van der Waals surface area (Å²) in [5.41, 5.74) is 0.503. The van der Waals surface area contributed by atoms with Crippen molar-refractivity contribution >= 4 is 22.4 Å². The zero-order chi connectivity index (χ0) is 13.1. The molecule has 1 unspecified atom stereocenters. The van der Waals surface area contributed by atoms with Crippen LogP contribution < -0.4 is 5.32 Å². The highest BCUT2D eigenvalue weighted by molar-refractivity contribution is 7.15. The van der Waals surface area contributed by atoms with E-state index < -0.39 is 0 Å². The fourth-order valence-electron chi connectivity index (χ4n) is 1.85. The first-order valence-corrected chi connectivity index (χ1v) is 6.77. The lowest BCUT2D eigenvalue weighted by atomic mass is 10.1. The molecule has 1 N–H and O–H groups in total. The molecule has 98 valence electrons. The van der Waals surface area contributed by atoms with Crippen LogP contribution in [0.25, 0.3) is 0 Å². The predicted molar refractivity (Wildman–Crippen MR) is 70.3 cm³/mol. The van der Waals surface area contributed by atoms with E-state index in [4.69, 9.17) is 4.74 Å². The summed E-state index contributed by atoms with van der Waals surface area (Å²) in [6.07, 6.45) is 4.10. The van der Waals surface area contributed by atoms with Gasteiger partial charge in [-0.05, 0) is 18.6 Å². The van der Waals surface area contributed by atoms with Gasteiger partial charge in [-0.1, -0.05) is 11.3 Å². The van der Waals surface area contributed by atoms with Crippen LogP contribution in [-0.4, -0.2) is 34.3 Å². The smallest absolute Gasteiger partial charge is 0.259 e. The first-order valence-electron chi connectivity index (χ1n) is 5.95. The van der Waals surface area contributed by atoms with Gasteiger partial charge in [0.2, 0.25) is 5.13 Å². The number of pyridine rings is 1. The minimum atomic E-state index is -0.224. The second-order valence-electron chi connectivity index (χ2n) is 4.20. The third-order valence-corrected chi connectivity index (χ3v) is 3.86. The highest BCUT2D eigenvalue weighted by Crippen LogP contribution is 2.29. The molecule has 3 rings (SSSR count). The SMILES string of the molecule is O=C(Nc1nnc(C2CCOC2)s1)c1cccnc1. The van der Waals surface area contributed by atoms with Gasteiger partial charge in [0.1, 0.15) is 5.01 Å². The number of aromatic nitrogens is 3. The lowest BCUT2D eigenvalue weighted by Gasteiger charge is -2.00. The van der Waals surface area contributed by atoms with Gasteiger partial charge in [-0.25, -0.2) is 0 Å². The molecule has 6 nitrogen and oxygen atoms in total. The zero-order valence-corrected chi connectivity index (χ0v) is 10.9. The van der Waals surface area contributed by atoms with Crippen LogP contribution in [-0.2, 0) is 4.74 Å². The maximum absolute atomic E-state index is 11.9. The average Bonchev–Trinajstić information content (AvgIpc) is 3.10. The number of carbonyl (C=O) groups excluding carboxylic acids is 1. The summed E-state index contributed by atoms with van der Waals surface area (Å²) in [4.78, 5) is 15.8. The Kier molecular flexibility index (Phi) is 3.47. The molecule has 1 aliphatic rings. The minimum Gasteiger partial charge on any atom is -0.381 e. The average molecular weight is 276 g/mol. The van der Waals surface area contributed by atoms with Crippen molar-refractivity contribution in [1.82, 2.24) is 15.2 Å². The molecule has 0 spiro atoms. The molecule has 1 amide bonds. The van der Waals surface area contributed by atoms with E-state index in [0.29, 0.717) is 23.2 Å². The van der Waals surface area contributed by atoms with E-state index in [1.807, 2.05) is 0 Å². The molecular weight excluding hydrogens is 264 g/mol. The van der Waals surface area contributed by atoms with Crippen molar-refractivity contribution in [2.45, 2.75) is 12.3 Å². The molecule has 7 heteroatoms.